The molecule has 0 spiro atoms. The van der Waals surface area contributed by atoms with Crippen LogP contribution in [0, 0.1) is 5.82 Å². The third kappa shape index (κ3) is 1.49. The van der Waals surface area contributed by atoms with Crippen LogP contribution in [0.2, 0.25) is 5.02 Å². The van der Waals surface area contributed by atoms with Crippen molar-refractivity contribution in [2.45, 2.75) is 0 Å². The normalized spacial score (nSPS) is 9.64. The summed E-state index contributed by atoms with van der Waals surface area (Å²) < 4.78 is 12.7. The second-order valence-electron chi connectivity index (χ2n) is 2.01. The Bertz CT molecular complexity index is 301. The maximum Gasteiger partial charge on any atom is 0.152 e. The number of carbonyl (C=O) groups excluding carboxylic acids is 1. The Balaban J connectivity index is 3.35. The van der Waals surface area contributed by atoms with E-state index in [0.717, 1.165) is 6.07 Å². The molecule has 0 amide bonds. The van der Waals surface area contributed by atoms with Crippen molar-refractivity contribution in [1.82, 2.24) is 0 Å². The van der Waals surface area contributed by atoms with Gasteiger partial charge in [-0.1, -0.05) is 11.6 Å². The summed E-state index contributed by atoms with van der Waals surface area (Å²) in [7, 11) is 0. The summed E-state index contributed by atoms with van der Waals surface area (Å²) in [6.45, 7) is 0. The van der Waals surface area contributed by atoms with Crippen molar-refractivity contribution in [1.29, 1.82) is 0 Å². The van der Waals surface area contributed by atoms with Crippen LogP contribution in [0.25, 0.3) is 0 Å². The minimum Gasteiger partial charge on any atom is -0.396 e. The van der Waals surface area contributed by atoms with Crippen LogP contribution in [0.4, 0.5) is 10.1 Å². The van der Waals surface area contributed by atoms with Gasteiger partial charge >= 0.3 is 0 Å². The first-order valence-corrected chi connectivity index (χ1v) is 3.22. The van der Waals surface area contributed by atoms with E-state index < -0.39 is 5.82 Å². The third-order valence-corrected chi connectivity index (χ3v) is 1.47. The first-order valence-electron chi connectivity index (χ1n) is 2.85. The van der Waals surface area contributed by atoms with Gasteiger partial charge < -0.3 is 5.73 Å². The molecule has 0 aromatic heterocycles. The molecule has 0 saturated heterocycles. The SMILES string of the molecule is Nc1c(F)cc(Cl)cc1C=O. The molecule has 2 N–H and O–H groups in total. The van der Waals surface area contributed by atoms with Gasteiger partial charge in [0.2, 0.25) is 0 Å². The quantitative estimate of drug-likeness (QED) is 0.521. The zero-order valence-corrected chi connectivity index (χ0v) is 6.23. The zero-order chi connectivity index (χ0) is 8.43. The number of hydrogen-bond acceptors (Lipinski definition) is 2. The molecule has 0 aliphatic heterocycles. The van der Waals surface area contributed by atoms with Crippen molar-refractivity contribution in [3.05, 3.63) is 28.5 Å². The number of nitrogen functional groups attached to an aromatic ring is 1. The number of rotatable bonds is 1. The number of benzene rings is 1. The van der Waals surface area contributed by atoms with Crippen LogP contribution in [0.15, 0.2) is 12.1 Å². The summed E-state index contributed by atoms with van der Waals surface area (Å²) in [6, 6.07) is 2.37. The van der Waals surface area contributed by atoms with Crippen molar-refractivity contribution < 1.29 is 9.18 Å². The van der Waals surface area contributed by atoms with Crippen molar-refractivity contribution in [3.63, 3.8) is 0 Å². The maximum absolute atomic E-state index is 12.7. The Morgan fingerprint density at radius 2 is 2.18 bits per heavy atom. The maximum atomic E-state index is 12.7. The molecule has 2 nitrogen and oxygen atoms in total. The second kappa shape index (κ2) is 2.88. The standard InChI is InChI=1S/C7H5ClFNO/c8-5-1-4(3-11)7(10)6(9)2-5/h1-3H,10H2. The van der Waals surface area contributed by atoms with Gasteiger partial charge in [-0.05, 0) is 12.1 Å². The van der Waals surface area contributed by atoms with E-state index in [0.29, 0.717) is 6.29 Å². The summed E-state index contributed by atoms with van der Waals surface area (Å²) in [6.07, 6.45) is 0.463. The van der Waals surface area contributed by atoms with Gasteiger partial charge in [0.25, 0.3) is 0 Å². The second-order valence-corrected chi connectivity index (χ2v) is 2.44. The summed E-state index contributed by atoms with van der Waals surface area (Å²) >= 11 is 5.45. The molecule has 0 heterocycles. The van der Waals surface area contributed by atoms with E-state index in [1.165, 1.54) is 6.07 Å². The highest BCUT2D eigenvalue weighted by Crippen LogP contribution is 2.20. The van der Waals surface area contributed by atoms with Crippen LogP contribution in [0.1, 0.15) is 10.4 Å². The van der Waals surface area contributed by atoms with Gasteiger partial charge in [-0.15, -0.1) is 0 Å². The van der Waals surface area contributed by atoms with E-state index in [4.69, 9.17) is 17.3 Å². The fraction of sp³-hybridized carbons (Fsp3) is 0. The number of nitrogens with two attached hydrogens (primary N) is 1. The molecule has 1 rings (SSSR count). The lowest BCUT2D eigenvalue weighted by Gasteiger charge is -1.99. The molecule has 0 fully saturated rings. The summed E-state index contributed by atoms with van der Waals surface area (Å²) in [5.41, 5.74) is 5.11. The molecular formula is C7H5ClFNO. The van der Waals surface area contributed by atoms with Gasteiger partial charge in [-0.3, -0.25) is 4.79 Å². The van der Waals surface area contributed by atoms with E-state index in [1.54, 1.807) is 0 Å². The van der Waals surface area contributed by atoms with E-state index >= 15 is 0 Å². The zero-order valence-electron chi connectivity index (χ0n) is 5.47. The molecule has 0 unspecified atom stereocenters. The fourth-order valence-corrected chi connectivity index (χ4v) is 0.916. The highest BCUT2D eigenvalue weighted by Gasteiger charge is 2.05. The van der Waals surface area contributed by atoms with Gasteiger partial charge in [0.05, 0.1) is 5.69 Å². The fourth-order valence-electron chi connectivity index (χ4n) is 0.702. The molecule has 58 valence electrons. The minimum absolute atomic E-state index is 0.0787. The van der Waals surface area contributed by atoms with Crippen LogP contribution < -0.4 is 5.73 Å². The number of aldehydes is 1. The summed E-state index contributed by atoms with van der Waals surface area (Å²) in [5, 5.41) is 0.166. The van der Waals surface area contributed by atoms with Gasteiger partial charge in [-0.25, -0.2) is 4.39 Å². The number of halogens is 2. The Kier molecular flexibility index (Phi) is 2.10. The van der Waals surface area contributed by atoms with E-state index in [2.05, 4.69) is 0 Å². The van der Waals surface area contributed by atoms with Gasteiger partial charge in [0.1, 0.15) is 5.82 Å². The number of hydrogen-bond donors (Lipinski definition) is 1. The molecule has 0 radical (unpaired) electrons. The van der Waals surface area contributed by atoms with E-state index in [9.17, 15) is 9.18 Å². The van der Waals surface area contributed by atoms with Crippen molar-refractivity contribution >= 4 is 23.6 Å². The van der Waals surface area contributed by atoms with Crippen molar-refractivity contribution in [3.8, 4) is 0 Å². The van der Waals surface area contributed by atoms with Gasteiger partial charge in [-0.2, -0.15) is 0 Å². The van der Waals surface area contributed by atoms with Crippen molar-refractivity contribution in [2.24, 2.45) is 0 Å². The molecule has 1 aromatic carbocycles. The summed E-state index contributed by atoms with van der Waals surface area (Å²) in [4.78, 5) is 10.2. The molecule has 0 atom stereocenters. The summed E-state index contributed by atoms with van der Waals surface area (Å²) in [5.74, 6) is -0.667. The first-order chi connectivity index (χ1) is 5.15. The van der Waals surface area contributed by atoms with E-state index in [1.807, 2.05) is 0 Å². The highest BCUT2D eigenvalue weighted by atomic mass is 35.5. The van der Waals surface area contributed by atoms with Crippen LogP contribution in [-0.2, 0) is 0 Å². The Labute approximate surface area is 67.8 Å². The largest absolute Gasteiger partial charge is 0.396 e. The lowest BCUT2D eigenvalue weighted by molar-refractivity contribution is 0.112. The van der Waals surface area contributed by atoms with Crippen LogP contribution in [0.3, 0.4) is 0 Å². The average molecular weight is 174 g/mol. The van der Waals surface area contributed by atoms with E-state index in [-0.39, 0.29) is 16.3 Å². The molecule has 0 aliphatic rings. The van der Waals surface area contributed by atoms with Crippen molar-refractivity contribution in [2.75, 3.05) is 5.73 Å². The predicted octanol–water partition coefficient (Wildman–Crippen LogP) is 1.87. The molecule has 1 aromatic rings. The van der Waals surface area contributed by atoms with Crippen LogP contribution in [0.5, 0.6) is 0 Å². The third-order valence-electron chi connectivity index (χ3n) is 1.25. The van der Waals surface area contributed by atoms with Gasteiger partial charge in [0.15, 0.2) is 6.29 Å². The van der Waals surface area contributed by atoms with Crippen LogP contribution >= 0.6 is 11.6 Å². The number of anilines is 1. The lowest BCUT2D eigenvalue weighted by atomic mass is 10.2. The average Bonchev–Trinajstić information content (AvgIpc) is 1.96. The minimum atomic E-state index is -0.667. The Morgan fingerprint density at radius 3 is 2.73 bits per heavy atom. The predicted molar refractivity (Wildman–Crippen MR) is 41.2 cm³/mol. The molecule has 0 aliphatic carbocycles. The Morgan fingerprint density at radius 1 is 1.55 bits per heavy atom. The first kappa shape index (κ1) is 8.01. The monoisotopic (exact) mass is 173 g/mol. The molecule has 11 heavy (non-hydrogen) atoms. The Hall–Kier alpha value is -1.09. The smallest absolute Gasteiger partial charge is 0.152 e. The molecule has 0 bridgehead atoms. The number of carbonyl (C=O) groups is 1. The molecular weight excluding hydrogens is 169 g/mol. The topological polar surface area (TPSA) is 43.1 Å². The molecule has 4 heteroatoms. The highest BCUT2D eigenvalue weighted by molar-refractivity contribution is 6.31. The lowest BCUT2D eigenvalue weighted by Crippen LogP contribution is -1.96. The molecule has 0 saturated carbocycles. The van der Waals surface area contributed by atoms with Gasteiger partial charge in [0, 0.05) is 10.6 Å². The van der Waals surface area contributed by atoms with Crippen LogP contribution in [-0.4, -0.2) is 6.29 Å².